The molecule has 0 saturated carbocycles. The Morgan fingerprint density at radius 1 is 0.595 bits per heavy atom. The number of rotatable bonds is 16. The molecule has 0 aromatic heterocycles. The first kappa shape index (κ1) is 30.8. The van der Waals surface area contributed by atoms with Crippen molar-refractivity contribution in [1.82, 2.24) is 0 Å². The molecule has 0 aliphatic heterocycles. The van der Waals surface area contributed by atoms with Gasteiger partial charge in [-0.05, 0) is 36.4 Å². The lowest BCUT2D eigenvalue weighted by Crippen LogP contribution is -2.27. The highest BCUT2D eigenvalue weighted by molar-refractivity contribution is 7.99. The fourth-order valence-corrected chi connectivity index (χ4v) is 5.72. The Bertz CT molecular complexity index is 1360. The van der Waals surface area contributed by atoms with E-state index in [-0.39, 0.29) is 13.2 Å². The number of benzene rings is 4. The van der Waals surface area contributed by atoms with E-state index < -0.39 is 24.1 Å². The van der Waals surface area contributed by atoms with Crippen LogP contribution in [0.4, 0.5) is 0 Å². The number of hydrogen-bond acceptors (Lipinski definition) is 8. The average molecular weight is 601 g/mol. The monoisotopic (exact) mass is 600 g/mol. The fourth-order valence-electron chi connectivity index (χ4n) is 3.94. The molecule has 0 aliphatic rings. The summed E-state index contributed by atoms with van der Waals surface area (Å²) in [6, 6.07) is 31.2. The van der Waals surface area contributed by atoms with Crippen molar-refractivity contribution < 1.29 is 28.5 Å². The van der Waals surface area contributed by atoms with Crippen LogP contribution < -0.4 is 9.47 Å². The normalized spacial score (nSPS) is 12.1. The van der Waals surface area contributed by atoms with Crippen molar-refractivity contribution in [1.29, 1.82) is 0 Å². The Balaban J connectivity index is 1.44. The molecular weight excluding hydrogens is 569 g/mol. The SMILES string of the molecule is C=CC(=O)OC(COc1cccc2c(OCC(CSc3ccccc3)OC(=O)C=C)cccc12)CSc1ccccc1. The Morgan fingerprint density at radius 3 is 1.38 bits per heavy atom. The molecule has 0 fully saturated rings. The van der Waals surface area contributed by atoms with Crippen LogP contribution in [0.5, 0.6) is 11.5 Å². The van der Waals surface area contributed by atoms with Gasteiger partial charge in [-0.3, -0.25) is 0 Å². The largest absolute Gasteiger partial charge is 0.489 e. The van der Waals surface area contributed by atoms with Crippen molar-refractivity contribution in [2.75, 3.05) is 24.7 Å². The number of ether oxygens (including phenoxy) is 4. The van der Waals surface area contributed by atoms with Crippen LogP contribution in [0.3, 0.4) is 0 Å². The zero-order valence-electron chi connectivity index (χ0n) is 23.1. The van der Waals surface area contributed by atoms with Crippen molar-refractivity contribution in [3.8, 4) is 11.5 Å². The van der Waals surface area contributed by atoms with Gasteiger partial charge in [-0.25, -0.2) is 9.59 Å². The molecule has 0 amide bonds. The van der Waals surface area contributed by atoms with Gasteiger partial charge in [0.1, 0.15) is 36.9 Å². The standard InChI is InChI=1S/C34H32O6S2/c1-3-33(35)39-25(23-41-27-13-7-5-8-14-27)21-37-31-19-11-18-30-29(31)17-12-20-32(30)38-22-26(40-34(36)4-2)24-42-28-15-9-6-10-16-28/h3-20,25-26H,1-2,21-24H2. The summed E-state index contributed by atoms with van der Waals surface area (Å²) in [4.78, 5) is 26.1. The Morgan fingerprint density at radius 2 is 1.00 bits per heavy atom. The molecule has 0 spiro atoms. The van der Waals surface area contributed by atoms with Crippen molar-refractivity contribution in [2.24, 2.45) is 0 Å². The summed E-state index contributed by atoms with van der Waals surface area (Å²) in [5, 5.41) is 1.69. The molecule has 0 N–H and O–H groups in total. The molecule has 4 aromatic carbocycles. The van der Waals surface area contributed by atoms with E-state index in [4.69, 9.17) is 18.9 Å². The van der Waals surface area contributed by atoms with Crippen molar-refractivity contribution in [3.63, 3.8) is 0 Å². The van der Waals surface area contributed by atoms with E-state index in [1.165, 1.54) is 0 Å². The predicted molar refractivity (Wildman–Crippen MR) is 169 cm³/mol. The fraction of sp³-hybridized carbons (Fsp3) is 0.176. The second-order valence-corrected chi connectivity index (χ2v) is 11.2. The molecule has 4 aromatic rings. The first-order valence-electron chi connectivity index (χ1n) is 13.3. The maximum absolute atomic E-state index is 12.0. The van der Waals surface area contributed by atoms with Crippen LogP contribution in [0.2, 0.25) is 0 Å². The molecule has 0 saturated heterocycles. The van der Waals surface area contributed by atoms with Gasteiger partial charge in [0.25, 0.3) is 0 Å². The Hall–Kier alpha value is -4.14. The number of carbonyl (C=O) groups is 2. The molecule has 8 heteroatoms. The van der Waals surface area contributed by atoms with Crippen LogP contribution in [0.1, 0.15) is 0 Å². The number of hydrogen-bond donors (Lipinski definition) is 0. The molecule has 2 unspecified atom stereocenters. The topological polar surface area (TPSA) is 71.1 Å². The van der Waals surface area contributed by atoms with Crippen LogP contribution >= 0.6 is 23.5 Å². The third-order valence-corrected chi connectivity index (χ3v) is 8.24. The van der Waals surface area contributed by atoms with E-state index in [2.05, 4.69) is 13.2 Å². The van der Waals surface area contributed by atoms with E-state index >= 15 is 0 Å². The summed E-state index contributed by atoms with van der Waals surface area (Å²) in [7, 11) is 0. The summed E-state index contributed by atoms with van der Waals surface area (Å²) in [6.45, 7) is 7.35. The van der Waals surface area contributed by atoms with Gasteiger partial charge in [-0.2, -0.15) is 0 Å². The summed E-state index contributed by atoms with van der Waals surface area (Å²) in [6.07, 6.45) is 1.33. The van der Waals surface area contributed by atoms with Crippen molar-refractivity contribution in [3.05, 3.63) is 122 Å². The van der Waals surface area contributed by atoms with Gasteiger partial charge in [-0.1, -0.05) is 73.8 Å². The lowest BCUT2D eigenvalue weighted by molar-refractivity contribution is -0.144. The van der Waals surface area contributed by atoms with E-state index in [0.717, 1.165) is 32.7 Å². The smallest absolute Gasteiger partial charge is 0.330 e. The summed E-state index contributed by atoms with van der Waals surface area (Å²) in [5.74, 6) is 1.32. The van der Waals surface area contributed by atoms with Crippen LogP contribution in [0.25, 0.3) is 10.8 Å². The van der Waals surface area contributed by atoms with Gasteiger partial charge in [0.2, 0.25) is 0 Å². The highest BCUT2D eigenvalue weighted by Crippen LogP contribution is 2.33. The van der Waals surface area contributed by atoms with E-state index in [0.29, 0.717) is 23.0 Å². The molecule has 6 nitrogen and oxygen atoms in total. The first-order valence-corrected chi connectivity index (χ1v) is 15.3. The van der Waals surface area contributed by atoms with Gasteiger partial charge in [0, 0.05) is 44.2 Å². The quantitative estimate of drug-likeness (QED) is 0.0750. The van der Waals surface area contributed by atoms with Gasteiger partial charge in [0.05, 0.1) is 0 Å². The van der Waals surface area contributed by atoms with Crippen LogP contribution in [0.15, 0.2) is 132 Å². The number of esters is 2. The molecule has 2 atom stereocenters. The Kier molecular flexibility index (Phi) is 12.0. The minimum Gasteiger partial charge on any atom is -0.489 e. The van der Waals surface area contributed by atoms with Gasteiger partial charge < -0.3 is 18.9 Å². The zero-order chi connectivity index (χ0) is 29.6. The van der Waals surface area contributed by atoms with Crippen molar-refractivity contribution >= 4 is 46.2 Å². The zero-order valence-corrected chi connectivity index (χ0v) is 24.7. The lowest BCUT2D eigenvalue weighted by Gasteiger charge is -2.20. The predicted octanol–water partition coefficient (Wildman–Crippen LogP) is 7.38. The highest BCUT2D eigenvalue weighted by atomic mass is 32.2. The third-order valence-electron chi connectivity index (χ3n) is 5.95. The minimum atomic E-state index is -0.497. The Labute approximate surface area is 254 Å². The summed E-state index contributed by atoms with van der Waals surface area (Å²) >= 11 is 3.17. The number of carbonyl (C=O) groups excluding carboxylic acids is 2. The van der Waals surface area contributed by atoms with E-state index in [1.807, 2.05) is 97.1 Å². The minimum absolute atomic E-state index is 0.167. The molecule has 0 heterocycles. The van der Waals surface area contributed by atoms with Gasteiger partial charge >= 0.3 is 11.9 Å². The van der Waals surface area contributed by atoms with E-state index in [9.17, 15) is 9.59 Å². The van der Waals surface area contributed by atoms with Crippen LogP contribution in [-0.2, 0) is 19.1 Å². The van der Waals surface area contributed by atoms with E-state index in [1.54, 1.807) is 23.5 Å². The first-order chi connectivity index (χ1) is 20.6. The van der Waals surface area contributed by atoms with Gasteiger partial charge in [-0.15, -0.1) is 23.5 Å². The third kappa shape index (κ3) is 9.46. The van der Waals surface area contributed by atoms with Crippen molar-refractivity contribution in [2.45, 2.75) is 22.0 Å². The second kappa shape index (κ2) is 16.3. The second-order valence-electron chi connectivity index (χ2n) is 9.00. The highest BCUT2D eigenvalue weighted by Gasteiger charge is 2.18. The molecule has 0 bridgehead atoms. The number of thioether (sulfide) groups is 2. The van der Waals surface area contributed by atoms with Gasteiger partial charge in [0.15, 0.2) is 0 Å². The molecule has 42 heavy (non-hydrogen) atoms. The average Bonchev–Trinajstić information content (AvgIpc) is 3.04. The summed E-state index contributed by atoms with van der Waals surface area (Å²) in [5.41, 5.74) is 0. The van der Waals surface area contributed by atoms with Crippen LogP contribution in [0, 0.1) is 0 Å². The molecule has 0 aliphatic carbocycles. The lowest BCUT2D eigenvalue weighted by atomic mass is 10.1. The van der Waals surface area contributed by atoms with Crippen LogP contribution in [-0.4, -0.2) is 48.9 Å². The maximum Gasteiger partial charge on any atom is 0.330 e. The maximum atomic E-state index is 12.0. The molecule has 4 rings (SSSR count). The summed E-state index contributed by atoms with van der Waals surface area (Å²) < 4.78 is 23.5. The number of fused-ring (bicyclic) bond motifs is 1. The molecule has 216 valence electrons. The molecular formula is C34H32O6S2. The molecule has 0 radical (unpaired) electrons.